The van der Waals surface area contributed by atoms with E-state index < -0.39 is 11.9 Å². The molecule has 10 heteroatoms. The van der Waals surface area contributed by atoms with E-state index in [2.05, 4.69) is 0 Å². The summed E-state index contributed by atoms with van der Waals surface area (Å²) in [6.45, 7) is 0. The third kappa shape index (κ3) is 13.1. The molecule has 0 spiro atoms. The Morgan fingerprint density at radius 1 is 0.655 bits per heavy atom. The van der Waals surface area contributed by atoms with Crippen LogP contribution in [0.15, 0.2) is 60.7 Å². The number of nitrogens with one attached hydrogen (secondary N) is 2. The minimum absolute atomic E-state index is 0.0632. The molecule has 2 aromatic rings. The molecule has 10 nitrogen and oxygen atoms in total. The van der Waals surface area contributed by atoms with Crippen molar-refractivity contribution in [1.29, 1.82) is 0 Å². The highest BCUT2D eigenvalue weighted by Crippen LogP contribution is 1.97. The molecular formula is C19H24N4O6. The molecule has 0 aromatic heterocycles. The van der Waals surface area contributed by atoms with E-state index in [0.717, 1.165) is 0 Å². The van der Waals surface area contributed by atoms with Crippen LogP contribution in [0.1, 0.15) is 40.0 Å². The Kier molecular flexibility index (Phi) is 13.3. The first-order chi connectivity index (χ1) is 13.8. The Hall–Kier alpha value is -3.76. The van der Waals surface area contributed by atoms with Crippen LogP contribution in [0.4, 0.5) is 0 Å². The number of carbonyl (C=O) groups excluding carboxylic acids is 2. The van der Waals surface area contributed by atoms with Crippen LogP contribution in [0.25, 0.3) is 0 Å². The van der Waals surface area contributed by atoms with Crippen LogP contribution < -0.4 is 22.5 Å². The highest BCUT2D eigenvalue weighted by atomic mass is 16.4. The Morgan fingerprint density at radius 3 is 1.21 bits per heavy atom. The number of nitrogens with two attached hydrogens (primary N) is 2. The summed E-state index contributed by atoms with van der Waals surface area (Å²) in [7, 11) is 0. The number of carbonyl (C=O) groups is 4. The largest absolute Gasteiger partial charge is 0.481 e. The van der Waals surface area contributed by atoms with E-state index in [0.29, 0.717) is 11.1 Å². The van der Waals surface area contributed by atoms with Crippen molar-refractivity contribution in [3.8, 4) is 0 Å². The number of amides is 2. The van der Waals surface area contributed by atoms with E-state index in [1.165, 1.54) is 0 Å². The van der Waals surface area contributed by atoms with Gasteiger partial charge in [0, 0.05) is 24.0 Å². The van der Waals surface area contributed by atoms with Crippen LogP contribution >= 0.6 is 0 Å². The predicted octanol–water partition coefficient (Wildman–Crippen LogP) is 0.906. The van der Waals surface area contributed by atoms with E-state index >= 15 is 0 Å². The summed E-state index contributed by atoms with van der Waals surface area (Å²) in [6.07, 6.45) is 0.0866. The van der Waals surface area contributed by atoms with Gasteiger partial charge in [0.05, 0.1) is 0 Å². The van der Waals surface area contributed by atoms with Crippen molar-refractivity contribution in [3.63, 3.8) is 0 Å². The smallest absolute Gasteiger partial charge is 0.303 e. The minimum Gasteiger partial charge on any atom is -0.481 e. The Balaban J connectivity index is 0.000000407. The highest BCUT2D eigenvalue weighted by molar-refractivity contribution is 5.94. The van der Waals surface area contributed by atoms with E-state index in [9.17, 15) is 19.2 Å². The van der Waals surface area contributed by atoms with Gasteiger partial charge in [-0.2, -0.15) is 0 Å². The van der Waals surface area contributed by atoms with Gasteiger partial charge in [-0.25, -0.2) is 11.7 Å². The molecule has 0 aliphatic rings. The van der Waals surface area contributed by atoms with Crippen molar-refractivity contribution in [2.45, 2.75) is 19.3 Å². The maximum absolute atomic E-state index is 10.8. The number of hydrogen-bond donors (Lipinski definition) is 6. The second kappa shape index (κ2) is 15.3. The number of hydrazine groups is 2. The fourth-order valence-electron chi connectivity index (χ4n) is 1.74. The van der Waals surface area contributed by atoms with E-state index in [-0.39, 0.29) is 31.1 Å². The van der Waals surface area contributed by atoms with Crippen molar-refractivity contribution in [3.05, 3.63) is 71.8 Å². The average molecular weight is 404 g/mol. The Labute approximate surface area is 167 Å². The minimum atomic E-state index is -0.948. The zero-order valence-electron chi connectivity index (χ0n) is 15.6. The van der Waals surface area contributed by atoms with Gasteiger partial charge in [0.2, 0.25) is 0 Å². The SMILES string of the molecule is NNC(=O)c1ccccc1.NNC(=O)c1ccccc1.O=C(O)CCCC(=O)O. The van der Waals surface area contributed by atoms with Crippen LogP contribution in [0.3, 0.4) is 0 Å². The van der Waals surface area contributed by atoms with Gasteiger partial charge in [-0.1, -0.05) is 36.4 Å². The van der Waals surface area contributed by atoms with Gasteiger partial charge in [-0.15, -0.1) is 0 Å². The number of carboxylic acids is 2. The topological polar surface area (TPSA) is 185 Å². The van der Waals surface area contributed by atoms with Crippen molar-refractivity contribution in [2.75, 3.05) is 0 Å². The Morgan fingerprint density at radius 2 is 0.966 bits per heavy atom. The van der Waals surface area contributed by atoms with E-state index in [4.69, 9.17) is 21.9 Å². The molecular weight excluding hydrogens is 380 g/mol. The number of benzene rings is 2. The summed E-state index contributed by atoms with van der Waals surface area (Å²) in [6, 6.07) is 17.6. The number of nitrogen functional groups attached to an aromatic ring is 2. The first-order valence-electron chi connectivity index (χ1n) is 8.37. The molecule has 0 fully saturated rings. The maximum atomic E-state index is 10.8. The molecule has 2 rings (SSSR count). The third-order valence-electron chi connectivity index (χ3n) is 3.12. The number of rotatable bonds is 6. The standard InChI is InChI=1S/2C7H8N2O.C5H8O4/c2*8-9-7(10)6-4-2-1-3-5-6;6-4(7)2-1-3-5(8)9/h2*1-5H,8H2,(H,9,10);1-3H2,(H,6,7)(H,8,9). The molecule has 2 amide bonds. The zero-order chi connectivity index (χ0) is 22.1. The van der Waals surface area contributed by atoms with Crippen LogP contribution in [-0.2, 0) is 9.59 Å². The van der Waals surface area contributed by atoms with Gasteiger partial charge < -0.3 is 10.2 Å². The van der Waals surface area contributed by atoms with E-state index in [1.807, 2.05) is 23.0 Å². The molecule has 0 bridgehead atoms. The molecule has 0 aliphatic heterocycles. The zero-order valence-corrected chi connectivity index (χ0v) is 15.6. The lowest BCUT2D eigenvalue weighted by atomic mass is 10.2. The van der Waals surface area contributed by atoms with Gasteiger partial charge in [0.25, 0.3) is 11.8 Å². The number of carboxylic acid groups (broad SMARTS) is 2. The molecule has 156 valence electrons. The summed E-state index contributed by atoms with van der Waals surface area (Å²) in [5.41, 5.74) is 5.23. The molecule has 0 heterocycles. The van der Waals surface area contributed by atoms with E-state index in [1.54, 1.807) is 48.5 Å². The molecule has 0 saturated carbocycles. The maximum Gasteiger partial charge on any atom is 0.303 e. The molecule has 0 saturated heterocycles. The van der Waals surface area contributed by atoms with Crippen molar-refractivity contribution >= 4 is 23.8 Å². The van der Waals surface area contributed by atoms with Gasteiger partial charge >= 0.3 is 11.9 Å². The monoisotopic (exact) mass is 404 g/mol. The van der Waals surface area contributed by atoms with Gasteiger partial charge in [0.1, 0.15) is 0 Å². The molecule has 2 aromatic carbocycles. The Bertz CT molecular complexity index is 703. The second-order valence-corrected chi connectivity index (χ2v) is 5.32. The summed E-state index contributed by atoms with van der Waals surface area (Å²) in [4.78, 5) is 41.1. The van der Waals surface area contributed by atoms with Crippen molar-refractivity contribution in [1.82, 2.24) is 10.9 Å². The van der Waals surface area contributed by atoms with Crippen LogP contribution in [0, 0.1) is 0 Å². The highest BCUT2D eigenvalue weighted by Gasteiger charge is 2.00. The van der Waals surface area contributed by atoms with Crippen LogP contribution in [-0.4, -0.2) is 34.0 Å². The summed E-state index contributed by atoms with van der Waals surface area (Å²) >= 11 is 0. The molecule has 8 N–H and O–H groups in total. The summed E-state index contributed by atoms with van der Waals surface area (Å²) < 4.78 is 0. The van der Waals surface area contributed by atoms with Gasteiger partial charge in [-0.3, -0.25) is 30.0 Å². The first-order valence-corrected chi connectivity index (χ1v) is 8.37. The van der Waals surface area contributed by atoms with Gasteiger partial charge in [0.15, 0.2) is 0 Å². The van der Waals surface area contributed by atoms with Crippen LogP contribution in [0.2, 0.25) is 0 Å². The van der Waals surface area contributed by atoms with Crippen LogP contribution in [0.5, 0.6) is 0 Å². The lowest BCUT2D eigenvalue weighted by Crippen LogP contribution is -2.29. The summed E-state index contributed by atoms with van der Waals surface area (Å²) in [5, 5.41) is 16.1. The fourth-order valence-corrected chi connectivity index (χ4v) is 1.74. The van der Waals surface area contributed by atoms with Crippen molar-refractivity contribution < 1.29 is 29.4 Å². The molecule has 0 unspecified atom stereocenters. The molecule has 0 aliphatic carbocycles. The lowest BCUT2D eigenvalue weighted by molar-refractivity contribution is -0.138. The fraction of sp³-hybridized carbons (Fsp3) is 0.158. The molecule has 0 radical (unpaired) electrons. The quantitative estimate of drug-likeness (QED) is 0.233. The second-order valence-electron chi connectivity index (χ2n) is 5.32. The normalized spacial score (nSPS) is 8.90. The van der Waals surface area contributed by atoms with Crippen molar-refractivity contribution in [2.24, 2.45) is 11.7 Å². The summed E-state index contributed by atoms with van der Waals surface area (Å²) in [5.74, 6) is 7.39. The number of aliphatic carboxylic acids is 2. The lowest BCUT2D eigenvalue weighted by Gasteiger charge is -1.95. The first kappa shape index (κ1) is 25.2. The number of hydrogen-bond acceptors (Lipinski definition) is 6. The van der Waals surface area contributed by atoms with Gasteiger partial charge in [-0.05, 0) is 30.7 Å². The molecule has 29 heavy (non-hydrogen) atoms. The predicted molar refractivity (Wildman–Crippen MR) is 105 cm³/mol. The molecule has 0 atom stereocenters. The third-order valence-corrected chi connectivity index (χ3v) is 3.12. The average Bonchev–Trinajstić information content (AvgIpc) is 2.74.